The fourth-order valence-corrected chi connectivity index (χ4v) is 2.80. The fourth-order valence-electron chi connectivity index (χ4n) is 2.80. The minimum atomic E-state index is 0.734. The Morgan fingerprint density at radius 1 is 1.17 bits per heavy atom. The van der Waals surface area contributed by atoms with Gasteiger partial charge in [0.1, 0.15) is 5.82 Å². The van der Waals surface area contributed by atoms with Gasteiger partial charge in [0.25, 0.3) is 0 Å². The van der Waals surface area contributed by atoms with Crippen LogP contribution in [0.4, 0.5) is 5.82 Å². The van der Waals surface area contributed by atoms with E-state index >= 15 is 0 Å². The molecule has 1 aromatic carbocycles. The first-order valence-electron chi connectivity index (χ1n) is 8.15. The first-order chi connectivity index (χ1) is 11.3. The van der Waals surface area contributed by atoms with Crippen LogP contribution >= 0.6 is 0 Å². The van der Waals surface area contributed by atoms with Crippen LogP contribution in [0, 0.1) is 5.92 Å². The maximum absolute atomic E-state index is 4.81. The van der Waals surface area contributed by atoms with E-state index in [0.717, 1.165) is 36.1 Å². The number of aryl methyl sites for hydroxylation is 1. The highest BCUT2D eigenvalue weighted by Gasteiger charge is 2.23. The van der Waals surface area contributed by atoms with E-state index in [2.05, 4.69) is 28.6 Å². The van der Waals surface area contributed by atoms with E-state index in [1.54, 1.807) is 0 Å². The smallest absolute Gasteiger partial charge is 0.130 e. The van der Waals surface area contributed by atoms with Crippen LogP contribution in [0.5, 0.6) is 0 Å². The number of nitrogens with one attached hydrogen (secondary N) is 1. The molecule has 1 aliphatic rings. The van der Waals surface area contributed by atoms with Crippen molar-refractivity contribution in [3.63, 3.8) is 0 Å². The SMILES string of the molecule is Cn1nccc1CNc1cc(CC2CC2)nn1-c1ccccc1. The summed E-state index contributed by atoms with van der Waals surface area (Å²) in [4.78, 5) is 0. The van der Waals surface area contributed by atoms with Crippen LogP contribution < -0.4 is 5.32 Å². The average Bonchev–Trinajstić information content (AvgIpc) is 3.14. The van der Waals surface area contributed by atoms with Gasteiger partial charge in [-0.1, -0.05) is 18.2 Å². The van der Waals surface area contributed by atoms with Gasteiger partial charge in [-0.3, -0.25) is 4.68 Å². The third kappa shape index (κ3) is 3.13. The topological polar surface area (TPSA) is 47.7 Å². The lowest BCUT2D eigenvalue weighted by molar-refractivity contribution is 0.717. The Kier molecular flexibility index (Phi) is 3.61. The normalized spacial score (nSPS) is 14.1. The number of aromatic nitrogens is 4. The molecule has 0 unspecified atom stereocenters. The summed E-state index contributed by atoms with van der Waals surface area (Å²) in [5.41, 5.74) is 3.40. The second-order valence-electron chi connectivity index (χ2n) is 6.22. The van der Waals surface area contributed by atoms with Gasteiger partial charge in [0, 0.05) is 19.3 Å². The first kappa shape index (κ1) is 14.1. The minimum Gasteiger partial charge on any atom is -0.364 e. The van der Waals surface area contributed by atoms with E-state index in [0.29, 0.717) is 0 Å². The van der Waals surface area contributed by atoms with Gasteiger partial charge in [-0.05, 0) is 43.4 Å². The van der Waals surface area contributed by atoms with Crippen molar-refractivity contribution >= 4 is 5.82 Å². The third-order valence-electron chi connectivity index (χ3n) is 4.33. The molecular formula is C18H21N5. The van der Waals surface area contributed by atoms with E-state index in [1.165, 1.54) is 18.5 Å². The van der Waals surface area contributed by atoms with Crippen molar-refractivity contribution in [1.82, 2.24) is 19.6 Å². The molecule has 1 saturated carbocycles. The Morgan fingerprint density at radius 2 is 2.00 bits per heavy atom. The van der Waals surface area contributed by atoms with E-state index in [1.807, 2.05) is 46.9 Å². The van der Waals surface area contributed by atoms with Crippen LogP contribution in [-0.2, 0) is 20.0 Å². The Bertz CT molecular complexity index is 783. The fraction of sp³-hybridized carbons (Fsp3) is 0.333. The van der Waals surface area contributed by atoms with Gasteiger partial charge < -0.3 is 5.32 Å². The number of rotatable bonds is 6. The van der Waals surface area contributed by atoms with Crippen molar-refractivity contribution in [2.45, 2.75) is 25.8 Å². The average molecular weight is 307 g/mol. The van der Waals surface area contributed by atoms with Crippen LogP contribution in [0.25, 0.3) is 5.69 Å². The molecular weight excluding hydrogens is 286 g/mol. The summed E-state index contributed by atoms with van der Waals surface area (Å²) in [5.74, 6) is 1.87. The number of nitrogens with zero attached hydrogens (tertiary/aromatic N) is 4. The Morgan fingerprint density at radius 3 is 2.70 bits per heavy atom. The predicted molar refractivity (Wildman–Crippen MR) is 90.5 cm³/mol. The van der Waals surface area contributed by atoms with E-state index < -0.39 is 0 Å². The molecule has 3 aromatic rings. The van der Waals surface area contributed by atoms with E-state index in [-0.39, 0.29) is 0 Å². The van der Waals surface area contributed by atoms with Crippen LogP contribution in [0.1, 0.15) is 24.2 Å². The lowest BCUT2D eigenvalue weighted by Crippen LogP contribution is -2.09. The predicted octanol–water partition coefficient (Wildman–Crippen LogP) is 3.17. The van der Waals surface area contributed by atoms with Crippen molar-refractivity contribution in [1.29, 1.82) is 0 Å². The Balaban J connectivity index is 1.60. The summed E-state index contributed by atoms with van der Waals surface area (Å²) in [5, 5.41) is 12.5. The van der Waals surface area contributed by atoms with Crippen molar-refractivity contribution in [3.8, 4) is 5.69 Å². The van der Waals surface area contributed by atoms with Gasteiger partial charge in [0.05, 0.1) is 23.6 Å². The number of hydrogen-bond donors (Lipinski definition) is 1. The molecule has 0 atom stereocenters. The molecule has 0 aliphatic heterocycles. The molecule has 0 amide bonds. The summed E-state index contributed by atoms with van der Waals surface area (Å²) in [6.45, 7) is 0.734. The Labute approximate surface area is 135 Å². The number of hydrogen-bond acceptors (Lipinski definition) is 3. The Hall–Kier alpha value is -2.56. The maximum atomic E-state index is 4.81. The molecule has 0 bridgehead atoms. The van der Waals surface area contributed by atoms with Crippen LogP contribution in [0.3, 0.4) is 0 Å². The highest BCUT2D eigenvalue weighted by molar-refractivity contribution is 5.46. The zero-order chi connectivity index (χ0) is 15.6. The van der Waals surface area contributed by atoms with Crippen molar-refractivity contribution in [2.24, 2.45) is 13.0 Å². The zero-order valence-electron chi connectivity index (χ0n) is 13.3. The van der Waals surface area contributed by atoms with Crippen molar-refractivity contribution in [3.05, 3.63) is 60.0 Å². The summed E-state index contributed by atoms with van der Waals surface area (Å²) >= 11 is 0. The highest BCUT2D eigenvalue weighted by atomic mass is 15.3. The van der Waals surface area contributed by atoms with Gasteiger partial charge in [0.2, 0.25) is 0 Å². The van der Waals surface area contributed by atoms with Gasteiger partial charge in [-0.2, -0.15) is 10.2 Å². The van der Waals surface area contributed by atoms with Gasteiger partial charge >= 0.3 is 0 Å². The van der Waals surface area contributed by atoms with E-state index in [4.69, 9.17) is 5.10 Å². The molecule has 1 N–H and O–H groups in total. The molecule has 0 radical (unpaired) electrons. The summed E-state index contributed by atoms with van der Waals surface area (Å²) in [6.07, 6.45) is 5.59. The monoisotopic (exact) mass is 307 g/mol. The molecule has 0 saturated heterocycles. The minimum absolute atomic E-state index is 0.734. The summed E-state index contributed by atoms with van der Waals surface area (Å²) in [7, 11) is 1.96. The molecule has 4 rings (SSSR count). The molecule has 5 heteroatoms. The third-order valence-corrected chi connectivity index (χ3v) is 4.33. The number of benzene rings is 1. The first-order valence-corrected chi connectivity index (χ1v) is 8.15. The number of anilines is 1. The van der Waals surface area contributed by atoms with Gasteiger partial charge in [-0.25, -0.2) is 4.68 Å². The highest BCUT2D eigenvalue weighted by Crippen LogP contribution is 2.33. The van der Waals surface area contributed by atoms with E-state index in [9.17, 15) is 0 Å². The van der Waals surface area contributed by atoms with Crippen LogP contribution in [-0.4, -0.2) is 19.6 Å². The summed E-state index contributed by atoms with van der Waals surface area (Å²) < 4.78 is 3.90. The summed E-state index contributed by atoms with van der Waals surface area (Å²) in [6, 6.07) is 14.5. The second kappa shape index (κ2) is 5.91. The maximum Gasteiger partial charge on any atom is 0.130 e. The van der Waals surface area contributed by atoms with Crippen LogP contribution in [0.2, 0.25) is 0 Å². The molecule has 0 spiro atoms. The molecule has 5 nitrogen and oxygen atoms in total. The standard InChI is InChI=1S/C18H21N5/c1-22-17(9-10-20-22)13-19-18-12-15(11-14-7-8-14)21-23(18)16-5-3-2-4-6-16/h2-6,9-10,12,14,19H,7-8,11,13H2,1H3. The van der Waals surface area contributed by atoms with Crippen molar-refractivity contribution < 1.29 is 0 Å². The quantitative estimate of drug-likeness (QED) is 0.761. The van der Waals surface area contributed by atoms with Gasteiger partial charge in [-0.15, -0.1) is 0 Å². The van der Waals surface area contributed by atoms with Crippen LogP contribution in [0.15, 0.2) is 48.7 Å². The largest absolute Gasteiger partial charge is 0.364 e. The molecule has 2 aromatic heterocycles. The van der Waals surface area contributed by atoms with Gasteiger partial charge in [0.15, 0.2) is 0 Å². The zero-order valence-corrected chi connectivity index (χ0v) is 13.3. The molecule has 1 fully saturated rings. The molecule has 2 heterocycles. The molecule has 1 aliphatic carbocycles. The van der Waals surface area contributed by atoms with Crippen molar-refractivity contribution in [2.75, 3.05) is 5.32 Å². The lowest BCUT2D eigenvalue weighted by atomic mass is 10.2. The second-order valence-corrected chi connectivity index (χ2v) is 6.22. The lowest BCUT2D eigenvalue weighted by Gasteiger charge is -2.09. The number of para-hydroxylation sites is 1. The molecule has 23 heavy (non-hydrogen) atoms. The molecule has 118 valence electrons.